The van der Waals surface area contributed by atoms with Crippen LogP contribution >= 0.6 is 0 Å². The van der Waals surface area contributed by atoms with E-state index in [1.165, 1.54) is 0 Å². The first-order valence-electron chi connectivity index (χ1n) is 7.77. The van der Waals surface area contributed by atoms with Gasteiger partial charge in [0.25, 0.3) is 5.91 Å². The van der Waals surface area contributed by atoms with E-state index < -0.39 is 11.5 Å². The summed E-state index contributed by atoms with van der Waals surface area (Å²) in [6.45, 7) is 2.05. The van der Waals surface area contributed by atoms with Gasteiger partial charge in [-0.3, -0.25) is 4.79 Å². The Balaban J connectivity index is 1.56. The number of nitrogens with one attached hydrogen (secondary N) is 1. The summed E-state index contributed by atoms with van der Waals surface area (Å²) in [5.74, 6) is 0.112. The number of hydrogen-bond acceptors (Lipinski definition) is 5. The minimum absolute atomic E-state index is 0.0166. The van der Waals surface area contributed by atoms with Gasteiger partial charge in [-0.05, 0) is 29.8 Å². The van der Waals surface area contributed by atoms with E-state index >= 15 is 0 Å². The van der Waals surface area contributed by atoms with Crippen molar-refractivity contribution < 1.29 is 13.6 Å². The Morgan fingerprint density at radius 2 is 1.92 bits per heavy atom. The largest absolute Gasteiger partial charge is 0.441 e. The Morgan fingerprint density at radius 3 is 2.80 bits per heavy atom. The Morgan fingerprint density at radius 1 is 1.08 bits per heavy atom. The number of oxazole rings is 1. The molecule has 4 rings (SSSR count). The monoisotopic (exact) mass is 334 g/mol. The number of amides is 1. The van der Waals surface area contributed by atoms with E-state index in [1.807, 2.05) is 18.2 Å². The molecule has 4 aromatic rings. The van der Waals surface area contributed by atoms with Gasteiger partial charge in [0.05, 0.1) is 0 Å². The summed E-state index contributed by atoms with van der Waals surface area (Å²) in [5.41, 5.74) is 2.07. The maximum absolute atomic E-state index is 12.3. The molecule has 0 radical (unpaired) electrons. The summed E-state index contributed by atoms with van der Waals surface area (Å²) in [7, 11) is 0. The molecule has 6 nitrogen and oxygen atoms in total. The fourth-order valence-corrected chi connectivity index (χ4v) is 2.70. The van der Waals surface area contributed by atoms with Crippen molar-refractivity contribution in [1.82, 2.24) is 10.3 Å². The van der Waals surface area contributed by atoms with Gasteiger partial charge in [0.1, 0.15) is 16.7 Å². The Hall–Kier alpha value is -3.41. The molecule has 0 aliphatic carbocycles. The number of carbonyl (C=O) groups excluding carboxylic acids is 1. The third-order valence-corrected chi connectivity index (χ3v) is 3.90. The summed E-state index contributed by atoms with van der Waals surface area (Å²) in [4.78, 5) is 28.6. The highest BCUT2D eigenvalue weighted by molar-refractivity contribution is 5.96. The predicted octanol–water partition coefficient (Wildman–Crippen LogP) is 3.17. The smallest absolute Gasteiger partial charge is 0.349 e. The fourth-order valence-electron chi connectivity index (χ4n) is 2.70. The molecule has 0 saturated carbocycles. The highest BCUT2D eigenvalue weighted by Gasteiger charge is 2.13. The van der Waals surface area contributed by atoms with E-state index in [1.54, 1.807) is 37.3 Å². The molecule has 1 amide bonds. The number of fused-ring (bicyclic) bond motifs is 2. The molecule has 0 aliphatic heterocycles. The molecule has 25 heavy (non-hydrogen) atoms. The second-order valence-corrected chi connectivity index (χ2v) is 5.70. The molecule has 1 N–H and O–H groups in total. The lowest BCUT2D eigenvalue weighted by atomic mass is 10.1. The first kappa shape index (κ1) is 15.1. The van der Waals surface area contributed by atoms with E-state index in [0.717, 1.165) is 11.1 Å². The Labute approximate surface area is 142 Å². The van der Waals surface area contributed by atoms with Crippen molar-refractivity contribution in [2.45, 2.75) is 13.5 Å². The normalized spacial score (nSPS) is 11.1. The van der Waals surface area contributed by atoms with Crippen LogP contribution in [0.2, 0.25) is 0 Å². The van der Waals surface area contributed by atoms with Crippen LogP contribution in [0.15, 0.2) is 62.2 Å². The molecule has 0 unspecified atom stereocenters. The summed E-state index contributed by atoms with van der Waals surface area (Å²) < 4.78 is 10.6. The standard InChI is InChI=1S/C19H14N2O4/c1-11-21-15-8-12(6-7-17(15)24-11)10-20-18(22)14-9-13-4-2-3-5-16(13)25-19(14)23/h2-9H,10H2,1H3,(H,20,22). The number of benzene rings is 2. The van der Waals surface area contributed by atoms with Crippen LogP contribution in [0.4, 0.5) is 0 Å². The number of aromatic nitrogens is 1. The summed E-state index contributed by atoms with van der Waals surface area (Å²) >= 11 is 0. The second kappa shape index (κ2) is 5.90. The number of rotatable bonds is 3. The molecular formula is C19H14N2O4. The minimum atomic E-state index is -0.654. The van der Waals surface area contributed by atoms with E-state index in [9.17, 15) is 9.59 Å². The van der Waals surface area contributed by atoms with Crippen molar-refractivity contribution in [1.29, 1.82) is 0 Å². The topological polar surface area (TPSA) is 85.3 Å². The highest BCUT2D eigenvalue weighted by atomic mass is 16.4. The van der Waals surface area contributed by atoms with Gasteiger partial charge >= 0.3 is 5.63 Å². The maximum atomic E-state index is 12.3. The average molecular weight is 334 g/mol. The molecule has 0 saturated heterocycles. The van der Waals surface area contributed by atoms with Crippen molar-refractivity contribution in [3.8, 4) is 0 Å². The van der Waals surface area contributed by atoms with Crippen molar-refractivity contribution in [2.24, 2.45) is 0 Å². The van der Waals surface area contributed by atoms with Gasteiger partial charge < -0.3 is 14.2 Å². The molecule has 0 atom stereocenters. The zero-order valence-electron chi connectivity index (χ0n) is 13.4. The average Bonchev–Trinajstić information content (AvgIpc) is 2.98. The quantitative estimate of drug-likeness (QED) is 0.582. The number of aryl methyl sites for hydroxylation is 1. The SMILES string of the molecule is Cc1nc2cc(CNC(=O)c3cc4ccccc4oc3=O)ccc2o1. The van der Waals surface area contributed by atoms with Gasteiger partial charge in [0.2, 0.25) is 0 Å². The fraction of sp³-hybridized carbons (Fsp3) is 0.105. The zero-order chi connectivity index (χ0) is 17.4. The van der Waals surface area contributed by atoms with Crippen molar-refractivity contribution >= 4 is 28.0 Å². The highest BCUT2D eigenvalue weighted by Crippen LogP contribution is 2.17. The van der Waals surface area contributed by atoms with Crippen molar-refractivity contribution in [2.75, 3.05) is 0 Å². The molecule has 6 heteroatoms. The van der Waals surface area contributed by atoms with Gasteiger partial charge in [-0.1, -0.05) is 24.3 Å². The first-order valence-corrected chi connectivity index (χ1v) is 7.77. The van der Waals surface area contributed by atoms with Crippen LogP contribution < -0.4 is 10.9 Å². The van der Waals surface area contributed by atoms with Crippen LogP contribution in [0.25, 0.3) is 22.1 Å². The lowest BCUT2D eigenvalue weighted by molar-refractivity contribution is 0.0947. The maximum Gasteiger partial charge on any atom is 0.349 e. The van der Waals surface area contributed by atoms with Crippen LogP contribution in [0.1, 0.15) is 21.8 Å². The molecule has 124 valence electrons. The van der Waals surface area contributed by atoms with E-state index in [0.29, 0.717) is 22.4 Å². The summed E-state index contributed by atoms with van der Waals surface area (Å²) in [6, 6.07) is 14.1. The molecule has 2 heterocycles. The van der Waals surface area contributed by atoms with Crippen LogP contribution in [-0.2, 0) is 6.54 Å². The molecular weight excluding hydrogens is 320 g/mol. The second-order valence-electron chi connectivity index (χ2n) is 5.70. The van der Waals surface area contributed by atoms with E-state index in [2.05, 4.69) is 10.3 Å². The molecule has 0 aliphatic rings. The number of hydrogen-bond donors (Lipinski definition) is 1. The zero-order valence-corrected chi connectivity index (χ0v) is 13.4. The molecule has 0 spiro atoms. The van der Waals surface area contributed by atoms with Crippen molar-refractivity contribution in [3.63, 3.8) is 0 Å². The Bertz CT molecular complexity index is 1160. The number of carbonyl (C=O) groups is 1. The Kier molecular flexibility index (Phi) is 3.57. The van der Waals surface area contributed by atoms with Crippen LogP contribution in [0.5, 0.6) is 0 Å². The lowest BCUT2D eigenvalue weighted by Crippen LogP contribution is -2.27. The van der Waals surface area contributed by atoms with E-state index in [-0.39, 0.29) is 12.1 Å². The molecule has 2 aromatic heterocycles. The predicted molar refractivity (Wildman–Crippen MR) is 92.4 cm³/mol. The number of nitrogens with zero attached hydrogens (tertiary/aromatic N) is 1. The molecule has 2 aromatic carbocycles. The van der Waals surface area contributed by atoms with Gasteiger partial charge in [0, 0.05) is 18.9 Å². The summed E-state index contributed by atoms with van der Waals surface area (Å²) in [6.07, 6.45) is 0. The number of para-hydroxylation sites is 1. The van der Waals surface area contributed by atoms with Crippen LogP contribution in [0.3, 0.4) is 0 Å². The van der Waals surface area contributed by atoms with Crippen molar-refractivity contribution in [3.05, 3.63) is 76.0 Å². The minimum Gasteiger partial charge on any atom is -0.441 e. The third kappa shape index (κ3) is 2.89. The third-order valence-electron chi connectivity index (χ3n) is 3.90. The lowest BCUT2D eigenvalue weighted by Gasteiger charge is -2.05. The van der Waals surface area contributed by atoms with Gasteiger partial charge in [0.15, 0.2) is 11.5 Å². The summed E-state index contributed by atoms with van der Waals surface area (Å²) in [5, 5.41) is 3.44. The molecule has 0 fully saturated rings. The van der Waals surface area contributed by atoms with Crippen LogP contribution in [-0.4, -0.2) is 10.9 Å². The van der Waals surface area contributed by atoms with Gasteiger partial charge in [-0.2, -0.15) is 0 Å². The molecule has 0 bridgehead atoms. The van der Waals surface area contributed by atoms with Gasteiger partial charge in [-0.25, -0.2) is 9.78 Å². The van der Waals surface area contributed by atoms with E-state index in [4.69, 9.17) is 8.83 Å². The van der Waals surface area contributed by atoms with Gasteiger partial charge in [-0.15, -0.1) is 0 Å². The van der Waals surface area contributed by atoms with Crippen LogP contribution in [0, 0.1) is 6.92 Å². The first-order chi connectivity index (χ1) is 12.1.